The Balaban J connectivity index is -0.000000182. The van der Waals surface area contributed by atoms with Crippen molar-refractivity contribution in [3.63, 3.8) is 0 Å². The number of hydrogen-bond acceptors (Lipinski definition) is 5. The molecule has 304 valence electrons. The molecule has 3 rings (SSSR count). The fourth-order valence-corrected chi connectivity index (χ4v) is 5.89. The number of hydrogen-bond donors (Lipinski definition) is 2. The third kappa shape index (κ3) is 34.3. The zero-order valence-corrected chi connectivity index (χ0v) is 36.5. The van der Waals surface area contributed by atoms with Gasteiger partial charge in [0.1, 0.15) is 6.29 Å². The van der Waals surface area contributed by atoms with Gasteiger partial charge in [0.25, 0.3) is 0 Å². The third-order valence-corrected chi connectivity index (χ3v) is 8.24. The summed E-state index contributed by atoms with van der Waals surface area (Å²) in [7, 11) is 2.22. The molecular formula is C44H80F3N3OS. The quantitative estimate of drug-likeness (QED) is 0.126. The van der Waals surface area contributed by atoms with E-state index in [1.165, 1.54) is 81.2 Å². The number of halogens is 3. The van der Waals surface area contributed by atoms with Crippen LogP contribution in [0.5, 0.6) is 0 Å². The van der Waals surface area contributed by atoms with Crippen molar-refractivity contribution in [2.75, 3.05) is 18.5 Å². The van der Waals surface area contributed by atoms with Crippen LogP contribution in [-0.4, -0.2) is 30.0 Å². The fourth-order valence-electron chi connectivity index (χ4n) is 4.71. The first kappa shape index (κ1) is 58.5. The molecule has 0 radical (unpaired) electrons. The highest BCUT2D eigenvalue weighted by Crippen LogP contribution is 2.36. The minimum atomic E-state index is -4.36. The van der Waals surface area contributed by atoms with Crippen LogP contribution >= 0.6 is 11.8 Å². The molecule has 52 heavy (non-hydrogen) atoms. The number of anilines is 1. The second-order valence-corrected chi connectivity index (χ2v) is 14.3. The number of aldehydes is 1. The van der Waals surface area contributed by atoms with Crippen LogP contribution in [0.2, 0.25) is 0 Å². The van der Waals surface area contributed by atoms with E-state index in [0.29, 0.717) is 17.2 Å². The summed E-state index contributed by atoms with van der Waals surface area (Å²) in [5.74, 6) is 5.49. The highest BCUT2D eigenvalue weighted by molar-refractivity contribution is 8.03. The van der Waals surface area contributed by atoms with Crippen molar-refractivity contribution in [2.24, 2.45) is 11.8 Å². The number of alkyl halides is 3. The molecule has 1 aromatic carbocycles. The van der Waals surface area contributed by atoms with Crippen molar-refractivity contribution in [1.82, 2.24) is 10.2 Å². The second-order valence-electron chi connectivity index (χ2n) is 13.2. The Kier molecular flexibility index (Phi) is 44.4. The molecule has 3 N–H and O–H groups in total. The van der Waals surface area contributed by atoms with Crippen molar-refractivity contribution in [3.05, 3.63) is 65.5 Å². The van der Waals surface area contributed by atoms with Gasteiger partial charge >= 0.3 is 6.18 Å². The number of nitrogen functional groups attached to an aromatic ring is 1. The van der Waals surface area contributed by atoms with E-state index in [9.17, 15) is 13.2 Å². The lowest BCUT2D eigenvalue weighted by Crippen LogP contribution is -2.30. The second kappa shape index (κ2) is 39.4. The Bertz CT molecular complexity index is 1060. The van der Waals surface area contributed by atoms with Crippen molar-refractivity contribution < 1.29 is 18.0 Å². The minimum Gasteiger partial charge on any atom is -0.398 e. The maximum Gasteiger partial charge on any atom is 0.418 e. The van der Waals surface area contributed by atoms with Gasteiger partial charge in [0, 0.05) is 36.6 Å². The van der Waals surface area contributed by atoms with Crippen LogP contribution < -0.4 is 11.1 Å². The van der Waals surface area contributed by atoms with E-state index < -0.39 is 11.7 Å². The lowest BCUT2D eigenvalue weighted by Gasteiger charge is -2.30. The zero-order valence-electron chi connectivity index (χ0n) is 35.7. The summed E-state index contributed by atoms with van der Waals surface area (Å²) in [6, 6.07) is 3.36. The van der Waals surface area contributed by atoms with Gasteiger partial charge in [-0.15, -0.1) is 37.3 Å². The Morgan fingerprint density at radius 2 is 1.54 bits per heavy atom. The van der Waals surface area contributed by atoms with E-state index in [4.69, 9.17) is 17.0 Å². The SMILES string of the molecule is C#CCC.C=C.C=CNC1=C(N(C)C(CC)CCC)SCC1.CC(C)C.CC1CCCCC1.CC=O.CCC.Cc1cc(C)c(N)c(C(F)(F)F)c1. The van der Waals surface area contributed by atoms with Gasteiger partial charge in [0.15, 0.2) is 0 Å². The molecule has 1 saturated carbocycles. The normalized spacial score (nSPS) is 13.5. The van der Waals surface area contributed by atoms with Gasteiger partial charge in [-0.1, -0.05) is 125 Å². The molecule has 1 fully saturated rings. The Morgan fingerprint density at radius 3 is 1.87 bits per heavy atom. The van der Waals surface area contributed by atoms with Crippen LogP contribution in [0.15, 0.2) is 48.8 Å². The lowest BCUT2D eigenvalue weighted by molar-refractivity contribution is -0.137. The van der Waals surface area contributed by atoms with Crippen LogP contribution in [0, 0.1) is 38.0 Å². The first-order valence-electron chi connectivity index (χ1n) is 19.2. The monoisotopic (exact) mass is 756 g/mol. The number of carbonyl (C=O) groups excluding carboxylic acids is 1. The number of carbonyl (C=O) groups is 1. The molecule has 1 aromatic rings. The first-order valence-corrected chi connectivity index (χ1v) is 20.2. The average molecular weight is 756 g/mol. The minimum absolute atomic E-state index is 0.182. The molecular weight excluding hydrogens is 676 g/mol. The third-order valence-electron chi connectivity index (χ3n) is 7.02. The predicted octanol–water partition coefficient (Wildman–Crippen LogP) is 14.1. The smallest absolute Gasteiger partial charge is 0.398 e. The van der Waals surface area contributed by atoms with Gasteiger partial charge in [-0.2, -0.15) is 13.2 Å². The Labute approximate surface area is 325 Å². The number of terminal acetylenes is 1. The van der Waals surface area contributed by atoms with Crippen molar-refractivity contribution in [1.29, 1.82) is 0 Å². The number of thioether (sulfide) groups is 1. The summed E-state index contributed by atoms with van der Waals surface area (Å²) >= 11 is 1.96. The fraction of sp³-hybridized carbons (Fsp3) is 0.659. The topological polar surface area (TPSA) is 58.4 Å². The number of allylic oxidation sites excluding steroid dienone is 1. The Hall–Kier alpha value is -2.79. The maximum absolute atomic E-state index is 12.3. The molecule has 0 aromatic heterocycles. The number of nitrogens with two attached hydrogens (primary N) is 1. The standard InChI is InChI=1S/C13H24N2S.C9H10F3N.C7H14.C4H10.C4H6.C3H8.C2H4O.C2H4/c1-5-8-11(6-2)15(4)13-12(14-7-3)9-10-16-13;1-5-3-6(2)8(13)7(4-5)9(10,11)12;1-7-5-3-2-4-6-7;1-4(2)3;1-3-4-2;1-3-2;1-2-3;1-2/h7,11,14H,3,5-6,8-10H2,1-2,4H3;3-4H,13H2,1-2H3;7H,2-6H2,1H3;4H,1-3H3;1H,4H2,2H3;3H2,1-2H3;2H,1H3;1-2H2. The lowest BCUT2D eigenvalue weighted by atomic mass is 9.91. The summed E-state index contributed by atoms with van der Waals surface area (Å²) in [6.07, 6.45) is 17.4. The van der Waals surface area contributed by atoms with Gasteiger partial charge in [-0.25, -0.2) is 0 Å². The molecule has 0 spiro atoms. The van der Waals surface area contributed by atoms with Crippen molar-refractivity contribution >= 4 is 23.7 Å². The summed E-state index contributed by atoms with van der Waals surface area (Å²) in [6.45, 7) is 34.0. The largest absolute Gasteiger partial charge is 0.418 e. The predicted molar refractivity (Wildman–Crippen MR) is 230 cm³/mol. The van der Waals surface area contributed by atoms with E-state index >= 15 is 0 Å². The van der Waals surface area contributed by atoms with Gasteiger partial charge in [-0.05, 0) is 69.7 Å². The van der Waals surface area contributed by atoms with E-state index in [2.05, 4.69) is 98.3 Å². The van der Waals surface area contributed by atoms with E-state index in [0.717, 1.165) is 37.0 Å². The maximum atomic E-state index is 12.3. The summed E-state index contributed by atoms with van der Waals surface area (Å²) < 4.78 is 37.0. The van der Waals surface area contributed by atoms with Crippen LogP contribution in [0.25, 0.3) is 0 Å². The molecule has 0 amide bonds. The van der Waals surface area contributed by atoms with Crippen LogP contribution in [0.4, 0.5) is 18.9 Å². The van der Waals surface area contributed by atoms with Gasteiger partial charge in [0.05, 0.1) is 10.6 Å². The number of nitrogens with zero attached hydrogens (tertiary/aromatic N) is 1. The van der Waals surface area contributed by atoms with Crippen molar-refractivity contribution in [3.8, 4) is 12.3 Å². The Morgan fingerprint density at radius 1 is 1.08 bits per heavy atom. The average Bonchev–Trinajstić information content (AvgIpc) is 3.55. The molecule has 2 aliphatic rings. The molecule has 0 bridgehead atoms. The molecule has 1 aliphatic carbocycles. The molecule has 1 atom stereocenters. The summed E-state index contributed by atoms with van der Waals surface area (Å²) in [5, 5.41) is 4.69. The van der Waals surface area contributed by atoms with Crippen molar-refractivity contribution in [2.45, 2.75) is 166 Å². The molecule has 1 unspecified atom stereocenters. The number of rotatable bonds is 7. The van der Waals surface area contributed by atoms with Crippen LogP contribution in [-0.2, 0) is 11.0 Å². The summed E-state index contributed by atoms with van der Waals surface area (Å²) in [4.78, 5) is 11.3. The zero-order chi connectivity index (χ0) is 41.7. The highest BCUT2D eigenvalue weighted by Gasteiger charge is 2.33. The number of aryl methyl sites for hydroxylation is 2. The number of benzene rings is 1. The molecule has 0 saturated heterocycles. The molecule has 1 heterocycles. The van der Waals surface area contributed by atoms with E-state index in [1.807, 2.05) is 18.7 Å². The first-order chi connectivity index (χ1) is 24.4. The van der Waals surface area contributed by atoms with E-state index in [-0.39, 0.29) is 5.69 Å². The molecule has 4 nitrogen and oxygen atoms in total. The van der Waals surface area contributed by atoms with Crippen LogP contribution in [0.1, 0.15) is 157 Å². The number of nitrogens with one attached hydrogen (secondary N) is 1. The van der Waals surface area contributed by atoms with Crippen LogP contribution in [0.3, 0.4) is 0 Å². The van der Waals surface area contributed by atoms with Gasteiger partial charge < -0.3 is 20.7 Å². The van der Waals surface area contributed by atoms with Gasteiger partial charge in [0.2, 0.25) is 0 Å². The molecule has 1 aliphatic heterocycles. The van der Waals surface area contributed by atoms with E-state index in [1.54, 1.807) is 26.1 Å². The van der Waals surface area contributed by atoms with Gasteiger partial charge in [-0.3, -0.25) is 0 Å². The molecule has 8 heteroatoms. The summed E-state index contributed by atoms with van der Waals surface area (Å²) in [5.41, 5.74) is 6.77. The highest BCUT2D eigenvalue weighted by atomic mass is 32.2.